The maximum atomic E-state index is 13.9. The second-order valence-corrected chi connectivity index (χ2v) is 7.01. The molecule has 1 fully saturated rings. The number of aromatic nitrogens is 2. The van der Waals surface area contributed by atoms with E-state index in [-0.39, 0.29) is 12.6 Å². The lowest BCUT2D eigenvalue weighted by Crippen LogP contribution is -2.23. The highest BCUT2D eigenvalue weighted by Crippen LogP contribution is 2.32. The largest absolute Gasteiger partial charge is 0.467 e. The lowest BCUT2D eigenvalue weighted by atomic mass is 10.1. The average molecular weight is 353 g/mol. The summed E-state index contributed by atoms with van der Waals surface area (Å²) in [5.41, 5.74) is 2.72. The van der Waals surface area contributed by atoms with Gasteiger partial charge in [-0.2, -0.15) is 5.10 Å². The van der Waals surface area contributed by atoms with Gasteiger partial charge in [-0.15, -0.1) is 0 Å². The third-order valence-electron chi connectivity index (χ3n) is 5.20. The fourth-order valence-electron chi connectivity index (χ4n) is 3.96. The van der Waals surface area contributed by atoms with Crippen LogP contribution in [0, 0.1) is 5.82 Å². The maximum Gasteiger partial charge on any atom is 0.189 e. The van der Waals surface area contributed by atoms with Gasteiger partial charge in [-0.05, 0) is 24.6 Å². The van der Waals surface area contributed by atoms with E-state index in [2.05, 4.69) is 21.8 Å². The van der Waals surface area contributed by atoms with E-state index in [1.807, 2.05) is 18.2 Å². The monoisotopic (exact) mass is 353 g/mol. The number of ether oxygens (including phenoxy) is 2. The molecule has 6 heteroatoms. The molecule has 3 aromatic rings. The first-order valence-electron chi connectivity index (χ1n) is 8.94. The molecule has 2 aromatic carbocycles. The molecular weight excluding hydrogens is 333 g/mol. The molecule has 5 rings (SSSR count). The molecular formula is C20H20FN3O2. The van der Waals surface area contributed by atoms with Gasteiger partial charge in [-0.25, -0.2) is 4.39 Å². The lowest BCUT2D eigenvalue weighted by molar-refractivity contribution is -0.0176. The van der Waals surface area contributed by atoms with E-state index >= 15 is 0 Å². The SMILES string of the molecule is Fc1cc2c(c(CN3CCC(n4cc5ccccc5n4)C3)c1)OCOC2. The highest BCUT2D eigenvalue weighted by molar-refractivity contribution is 5.77. The van der Waals surface area contributed by atoms with Crippen molar-refractivity contribution in [2.45, 2.75) is 25.6 Å². The summed E-state index contributed by atoms with van der Waals surface area (Å²) in [5, 5.41) is 5.87. The van der Waals surface area contributed by atoms with Crippen LogP contribution in [0.15, 0.2) is 42.6 Å². The minimum absolute atomic E-state index is 0.230. The molecule has 0 radical (unpaired) electrons. The normalized spacial score (nSPS) is 20.3. The first-order valence-corrected chi connectivity index (χ1v) is 8.94. The maximum absolute atomic E-state index is 13.9. The average Bonchev–Trinajstić information content (AvgIpc) is 3.28. The Morgan fingerprint density at radius 2 is 2.15 bits per heavy atom. The lowest BCUT2D eigenvalue weighted by Gasteiger charge is -2.23. The van der Waals surface area contributed by atoms with E-state index in [1.54, 1.807) is 6.07 Å². The standard InChI is InChI=1S/C20H20FN3O2/c21-17-7-15(20-16(8-17)12-25-13-26-20)9-23-6-5-18(11-23)24-10-14-3-1-2-4-19(14)22-24/h1-4,7-8,10,18H,5-6,9,11-13H2. The quantitative estimate of drug-likeness (QED) is 0.723. The van der Waals surface area contributed by atoms with Crippen LogP contribution >= 0.6 is 0 Å². The first kappa shape index (κ1) is 15.8. The van der Waals surface area contributed by atoms with Crippen LogP contribution in [-0.2, 0) is 17.9 Å². The van der Waals surface area contributed by atoms with Crippen molar-refractivity contribution in [2.24, 2.45) is 0 Å². The van der Waals surface area contributed by atoms with Crippen LogP contribution in [0.4, 0.5) is 4.39 Å². The van der Waals surface area contributed by atoms with Crippen molar-refractivity contribution < 1.29 is 13.9 Å². The van der Waals surface area contributed by atoms with Gasteiger partial charge in [-0.1, -0.05) is 18.2 Å². The molecule has 0 saturated carbocycles. The van der Waals surface area contributed by atoms with E-state index in [9.17, 15) is 4.39 Å². The molecule has 0 amide bonds. The van der Waals surface area contributed by atoms with E-state index in [0.717, 1.165) is 41.9 Å². The number of nitrogens with zero attached hydrogens (tertiary/aromatic N) is 3. The zero-order chi connectivity index (χ0) is 17.5. The summed E-state index contributed by atoms with van der Waals surface area (Å²) >= 11 is 0. The summed E-state index contributed by atoms with van der Waals surface area (Å²) < 4.78 is 26.9. The van der Waals surface area contributed by atoms with Crippen molar-refractivity contribution in [3.63, 3.8) is 0 Å². The van der Waals surface area contributed by atoms with Crippen LogP contribution < -0.4 is 4.74 Å². The Morgan fingerprint density at radius 1 is 1.23 bits per heavy atom. The highest BCUT2D eigenvalue weighted by atomic mass is 19.1. The van der Waals surface area contributed by atoms with Crippen molar-refractivity contribution >= 4 is 10.9 Å². The van der Waals surface area contributed by atoms with Crippen LogP contribution in [0.1, 0.15) is 23.6 Å². The van der Waals surface area contributed by atoms with E-state index in [0.29, 0.717) is 19.2 Å². The third kappa shape index (κ3) is 2.85. The molecule has 26 heavy (non-hydrogen) atoms. The molecule has 1 aromatic heterocycles. The van der Waals surface area contributed by atoms with Crippen LogP contribution in [0.5, 0.6) is 5.75 Å². The Morgan fingerprint density at radius 3 is 3.08 bits per heavy atom. The Labute approximate surface area is 150 Å². The Hall–Kier alpha value is -2.44. The molecule has 0 bridgehead atoms. The van der Waals surface area contributed by atoms with Gasteiger partial charge < -0.3 is 9.47 Å². The van der Waals surface area contributed by atoms with Crippen molar-refractivity contribution in [3.05, 3.63) is 59.5 Å². The molecule has 3 heterocycles. The van der Waals surface area contributed by atoms with Crippen molar-refractivity contribution in [1.29, 1.82) is 0 Å². The molecule has 1 unspecified atom stereocenters. The highest BCUT2D eigenvalue weighted by Gasteiger charge is 2.26. The number of likely N-dealkylation sites (tertiary alicyclic amines) is 1. The van der Waals surface area contributed by atoms with Crippen molar-refractivity contribution in [1.82, 2.24) is 14.7 Å². The van der Waals surface area contributed by atoms with Crippen LogP contribution in [0.2, 0.25) is 0 Å². The fourth-order valence-corrected chi connectivity index (χ4v) is 3.96. The van der Waals surface area contributed by atoms with Gasteiger partial charge in [0.05, 0.1) is 18.2 Å². The molecule has 0 aliphatic carbocycles. The molecule has 2 aliphatic rings. The zero-order valence-corrected chi connectivity index (χ0v) is 14.4. The topological polar surface area (TPSA) is 39.5 Å². The number of hydrogen-bond acceptors (Lipinski definition) is 4. The molecule has 0 spiro atoms. The van der Waals surface area contributed by atoms with E-state index in [4.69, 9.17) is 14.6 Å². The number of fused-ring (bicyclic) bond motifs is 2. The molecule has 2 aliphatic heterocycles. The van der Waals surface area contributed by atoms with Crippen molar-refractivity contribution in [2.75, 3.05) is 19.9 Å². The zero-order valence-electron chi connectivity index (χ0n) is 14.4. The summed E-state index contributed by atoms with van der Waals surface area (Å²) in [5.74, 6) is 0.549. The molecule has 1 atom stereocenters. The van der Waals surface area contributed by atoms with Gasteiger partial charge in [0.15, 0.2) is 6.79 Å². The second kappa shape index (κ2) is 6.37. The van der Waals surface area contributed by atoms with Crippen LogP contribution in [-0.4, -0.2) is 34.6 Å². The summed E-state index contributed by atoms with van der Waals surface area (Å²) in [4.78, 5) is 2.34. The molecule has 1 saturated heterocycles. The summed E-state index contributed by atoms with van der Waals surface area (Å²) in [6, 6.07) is 11.6. The van der Waals surface area contributed by atoms with Gasteiger partial charge in [0.1, 0.15) is 11.6 Å². The minimum Gasteiger partial charge on any atom is -0.467 e. The number of halogens is 1. The molecule has 134 valence electrons. The Kier molecular flexibility index (Phi) is 3.87. The Balaban J connectivity index is 1.34. The van der Waals surface area contributed by atoms with Gasteiger partial charge in [0.2, 0.25) is 0 Å². The van der Waals surface area contributed by atoms with Crippen LogP contribution in [0.3, 0.4) is 0 Å². The van der Waals surface area contributed by atoms with Crippen LogP contribution in [0.25, 0.3) is 10.9 Å². The fraction of sp³-hybridized carbons (Fsp3) is 0.350. The summed E-state index contributed by atoms with van der Waals surface area (Å²) in [7, 11) is 0. The number of rotatable bonds is 3. The first-order chi connectivity index (χ1) is 12.8. The Bertz CT molecular complexity index is 922. The number of hydrogen-bond donors (Lipinski definition) is 0. The van der Waals surface area contributed by atoms with E-state index < -0.39 is 0 Å². The van der Waals surface area contributed by atoms with Gasteiger partial charge in [0, 0.05) is 42.3 Å². The summed E-state index contributed by atoms with van der Waals surface area (Å²) in [6.45, 7) is 3.17. The second-order valence-electron chi connectivity index (χ2n) is 7.01. The number of benzene rings is 2. The summed E-state index contributed by atoms with van der Waals surface area (Å²) in [6.07, 6.45) is 3.16. The predicted octanol–water partition coefficient (Wildman–Crippen LogP) is 3.49. The van der Waals surface area contributed by atoms with Gasteiger partial charge >= 0.3 is 0 Å². The molecule has 0 N–H and O–H groups in total. The van der Waals surface area contributed by atoms with E-state index in [1.165, 1.54) is 11.5 Å². The van der Waals surface area contributed by atoms with Gasteiger partial charge in [-0.3, -0.25) is 9.58 Å². The smallest absolute Gasteiger partial charge is 0.189 e. The van der Waals surface area contributed by atoms with Gasteiger partial charge in [0.25, 0.3) is 0 Å². The minimum atomic E-state index is -0.234. The van der Waals surface area contributed by atoms with Crippen molar-refractivity contribution in [3.8, 4) is 5.75 Å². The molecule has 5 nitrogen and oxygen atoms in total. The predicted molar refractivity (Wildman–Crippen MR) is 95.3 cm³/mol. The third-order valence-corrected chi connectivity index (χ3v) is 5.20.